The number of aromatic nitrogens is 2. The Labute approximate surface area is 125 Å². The third-order valence-corrected chi connectivity index (χ3v) is 4.20. The van der Waals surface area contributed by atoms with Gasteiger partial charge in [0, 0.05) is 25.2 Å². The van der Waals surface area contributed by atoms with Crippen LogP contribution < -0.4 is 4.90 Å². The summed E-state index contributed by atoms with van der Waals surface area (Å²) in [5.74, 6) is 0.750. The van der Waals surface area contributed by atoms with Gasteiger partial charge in [-0.25, -0.2) is 18.4 Å². The monoisotopic (exact) mass is 307 g/mol. The summed E-state index contributed by atoms with van der Waals surface area (Å²) in [6.45, 7) is 7.25. The zero-order valence-corrected chi connectivity index (χ0v) is 13.9. The van der Waals surface area contributed by atoms with Crippen LogP contribution in [0, 0.1) is 5.41 Å². The van der Waals surface area contributed by atoms with E-state index in [1.54, 1.807) is 18.2 Å². The molecule has 0 atom stereocenters. The lowest BCUT2D eigenvalue weighted by molar-refractivity contribution is 0.418. The van der Waals surface area contributed by atoms with Crippen LogP contribution in [0.1, 0.15) is 20.8 Å². The van der Waals surface area contributed by atoms with Crippen LogP contribution in [0.2, 0.25) is 0 Å². The molecule has 0 aliphatic rings. The molecular weight excluding hydrogens is 286 g/mol. The lowest BCUT2D eigenvalue weighted by Gasteiger charge is -2.28. The number of anilines is 1. The lowest BCUT2D eigenvalue weighted by Crippen LogP contribution is -2.29. The smallest absolute Gasteiger partial charge is 0.175 e. The first kappa shape index (κ1) is 15.7. The Kier molecular flexibility index (Phi) is 3.93. The molecule has 0 bridgehead atoms. The summed E-state index contributed by atoms with van der Waals surface area (Å²) in [5.41, 5.74) is 0.855. The second-order valence-corrected chi connectivity index (χ2v) is 8.58. The number of fused-ring (bicyclic) bond motifs is 1. The molecule has 0 unspecified atom stereocenters. The summed E-state index contributed by atoms with van der Waals surface area (Å²) in [4.78, 5) is 10.9. The van der Waals surface area contributed by atoms with E-state index in [1.807, 2.05) is 11.9 Å². The van der Waals surface area contributed by atoms with Crippen molar-refractivity contribution in [2.45, 2.75) is 25.7 Å². The van der Waals surface area contributed by atoms with Crippen molar-refractivity contribution in [2.75, 3.05) is 24.7 Å². The van der Waals surface area contributed by atoms with E-state index in [1.165, 1.54) is 12.6 Å². The molecule has 0 fully saturated rings. The van der Waals surface area contributed by atoms with E-state index in [9.17, 15) is 8.42 Å². The van der Waals surface area contributed by atoms with Gasteiger partial charge in [-0.2, -0.15) is 0 Å². The van der Waals surface area contributed by atoms with Crippen molar-refractivity contribution in [3.8, 4) is 0 Å². The van der Waals surface area contributed by atoms with E-state index in [0.717, 1.165) is 23.3 Å². The molecule has 0 aliphatic heterocycles. The van der Waals surface area contributed by atoms with Crippen molar-refractivity contribution in [1.29, 1.82) is 0 Å². The highest BCUT2D eigenvalue weighted by Crippen LogP contribution is 2.27. The van der Waals surface area contributed by atoms with E-state index in [2.05, 4.69) is 30.7 Å². The molecular formula is C15H21N3O2S. The molecule has 2 aromatic rings. The summed E-state index contributed by atoms with van der Waals surface area (Å²) in [5, 5.41) is 0.757. The highest BCUT2D eigenvalue weighted by Gasteiger charge is 2.18. The fraction of sp³-hybridized carbons (Fsp3) is 0.467. The van der Waals surface area contributed by atoms with Crippen LogP contribution in [0.5, 0.6) is 0 Å². The van der Waals surface area contributed by atoms with Gasteiger partial charge in [0.2, 0.25) is 0 Å². The lowest BCUT2D eigenvalue weighted by atomic mass is 9.96. The second-order valence-electron chi connectivity index (χ2n) is 6.57. The molecule has 21 heavy (non-hydrogen) atoms. The van der Waals surface area contributed by atoms with Crippen LogP contribution in [0.4, 0.5) is 5.82 Å². The van der Waals surface area contributed by atoms with Gasteiger partial charge >= 0.3 is 0 Å². The summed E-state index contributed by atoms with van der Waals surface area (Å²) in [7, 11) is -1.29. The fourth-order valence-corrected chi connectivity index (χ4v) is 2.99. The molecule has 114 valence electrons. The van der Waals surface area contributed by atoms with Gasteiger partial charge in [0.15, 0.2) is 9.84 Å². The Balaban J connectivity index is 2.58. The molecule has 1 heterocycles. The quantitative estimate of drug-likeness (QED) is 0.872. The van der Waals surface area contributed by atoms with E-state index in [-0.39, 0.29) is 10.3 Å². The van der Waals surface area contributed by atoms with Gasteiger partial charge in [-0.05, 0) is 23.6 Å². The van der Waals surface area contributed by atoms with Crippen molar-refractivity contribution in [3.05, 3.63) is 24.5 Å². The van der Waals surface area contributed by atoms with Gasteiger partial charge in [-0.1, -0.05) is 20.8 Å². The predicted octanol–water partition coefficient (Wildman–Crippen LogP) is 2.52. The maximum absolute atomic E-state index is 11.7. The third-order valence-electron chi connectivity index (χ3n) is 3.09. The Morgan fingerprint density at radius 3 is 2.43 bits per heavy atom. The zero-order valence-electron chi connectivity index (χ0n) is 13.1. The first-order chi connectivity index (χ1) is 9.58. The second kappa shape index (κ2) is 5.26. The maximum Gasteiger partial charge on any atom is 0.175 e. The summed E-state index contributed by atoms with van der Waals surface area (Å²) in [6.07, 6.45) is 2.72. The number of rotatable bonds is 3. The maximum atomic E-state index is 11.7. The number of benzene rings is 1. The standard InChI is InChI=1S/C15H21N3O2S/c1-15(2,3)9-18(4)14-12-8-11(21(5,19)20)6-7-13(12)16-10-17-14/h6-8,10H,9H2,1-5H3. The fourth-order valence-electron chi connectivity index (χ4n) is 2.34. The number of hydrogen-bond acceptors (Lipinski definition) is 5. The van der Waals surface area contributed by atoms with Crippen molar-refractivity contribution in [2.24, 2.45) is 5.41 Å². The van der Waals surface area contributed by atoms with E-state index < -0.39 is 9.84 Å². The number of sulfone groups is 1. The SMILES string of the molecule is CN(CC(C)(C)C)c1ncnc2ccc(S(C)(=O)=O)cc12. The molecule has 0 aliphatic carbocycles. The molecule has 0 saturated carbocycles. The van der Waals surface area contributed by atoms with Crippen LogP contribution in [0.15, 0.2) is 29.4 Å². The van der Waals surface area contributed by atoms with Crippen molar-refractivity contribution < 1.29 is 8.42 Å². The molecule has 0 saturated heterocycles. The molecule has 0 amide bonds. The molecule has 1 aromatic heterocycles. The summed E-state index contributed by atoms with van der Waals surface area (Å²) >= 11 is 0. The zero-order chi connectivity index (χ0) is 15.8. The molecule has 5 nitrogen and oxygen atoms in total. The van der Waals surface area contributed by atoms with E-state index >= 15 is 0 Å². The molecule has 2 rings (SSSR count). The predicted molar refractivity (Wildman–Crippen MR) is 85.4 cm³/mol. The molecule has 1 aromatic carbocycles. The highest BCUT2D eigenvalue weighted by molar-refractivity contribution is 7.90. The Morgan fingerprint density at radius 2 is 1.86 bits per heavy atom. The van der Waals surface area contributed by atoms with E-state index in [0.29, 0.717) is 0 Å². The largest absolute Gasteiger partial charge is 0.359 e. The van der Waals surface area contributed by atoms with Crippen LogP contribution >= 0.6 is 0 Å². The van der Waals surface area contributed by atoms with Crippen molar-refractivity contribution >= 4 is 26.6 Å². The van der Waals surface area contributed by atoms with Gasteiger partial charge in [0.1, 0.15) is 12.1 Å². The first-order valence-electron chi connectivity index (χ1n) is 6.74. The molecule has 0 N–H and O–H groups in total. The highest BCUT2D eigenvalue weighted by atomic mass is 32.2. The first-order valence-corrected chi connectivity index (χ1v) is 8.63. The Morgan fingerprint density at radius 1 is 1.19 bits per heavy atom. The van der Waals surface area contributed by atoms with E-state index in [4.69, 9.17) is 0 Å². The van der Waals surface area contributed by atoms with Crippen molar-refractivity contribution in [1.82, 2.24) is 9.97 Å². The Bertz CT molecular complexity index is 764. The summed E-state index contributed by atoms with van der Waals surface area (Å²) < 4.78 is 23.5. The van der Waals surface area contributed by atoms with Gasteiger partial charge in [0.25, 0.3) is 0 Å². The molecule has 6 heteroatoms. The average Bonchev–Trinajstić information content (AvgIpc) is 2.34. The third kappa shape index (κ3) is 3.69. The Hall–Kier alpha value is -1.69. The minimum Gasteiger partial charge on any atom is -0.359 e. The molecule has 0 radical (unpaired) electrons. The number of nitrogens with zero attached hydrogens (tertiary/aromatic N) is 3. The van der Waals surface area contributed by atoms with Crippen LogP contribution in [0.3, 0.4) is 0 Å². The van der Waals surface area contributed by atoms with Gasteiger partial charge in [-0.3, -0.25) is 0 Å². The minimum absolute atomic E-state index is 0.112. The van der Waals surface area contributed by atoms with Crippen LogP contribution in [-0.4, -0.2) is 38.2 Å². The van der Waals surface area contributed by atoms with Crippen LogP contribution in [-0.2, 0) is 9.84 Å². The van der Waals surface area contributed by atoms with Crippen LogP contribution in [0.25, 0.3) is 10.9 Å². The summed E-state index contributed by atoms with van der Waals surface area (Å²) in [6, 6.07) is 4.96. The average molecular weight is 307 g/mol. The normalized spacial score (nSPS) is 12.6. The minimum atomic E-state index is -3.25. The van der Waals surface area contributed by atoms with Gasteiger partial charge in [0.05, 0.1) is 10.4 Å². The number of hydrogen-bond donors (Lipinski definition) is 0. The topological polar surface area (TPSA) is 63.2 Å². The van der Waals surface area contributed by atoms with Gasteiger partial charge in [-0.15, -0.1) is 0 Å². The van der Waals surface area contributed by atoms with Gasteiger partial charge < -0.3 is 4.90 Å². The molecule has 0 spiro atoms. The van der Waals surface area contributed by atoms with Crippen molar-refractivity contribution in [3.63, 3.8) is 0 Å².